The second-order valence-corrected chi connectivity index (χ2v) is 6.37. The van der Waals surface area contributed by atoms with Crippen LogP contribution < -0.4 is 9.64 Å². The zero-order chi connectivity index (χ0) is 16.9. The van der Waals surface area contributed by atoms with Crippen molar-refractivity contribution in [3.8, 4) is 5.88 Å². The minimum Gasteiger partial charge on any atom is -0.474 e. The van der Waals surface area contributed by atoms with Gasteiger partial charge in [0.05, 0.1) is 23.6 Å². The summed E-state index contributed by atoms with van der Waals surface area (Å²) in [6, 6.07) is 6.34. The number of anilines is 1. The van der Waals surface area contributed by atoms with Gasteiger partial charge in [-0.1, -0.05) is 0 Å². The summed E-state index contributed by atoms with van der Waals surface area (Å²) < 4.78 is 11.0. The van der Waals surface area contributed by atoms with Crippen molar-refractivity contribution >= 4 is 16.6 Å². The van der Waals surface area contributed by atoms with Gasteiger partial charge in [-0.3, -0.25) is 4.90 Å². The molecule has 1 saturated heterocycles. The van der Waals surface area contributed by atoms with Crippen LogP contribution in [0.3, 0.4) is 0 Å². The van der Waals surface area contributed by atoms with Crippen molar-refractivity contribution in [1.82, 2.24) is 14.9 Å². The van der Waals surface area contributed by atoms with Crippen LogP contribution in [0.2, 0.25) is 0 Å². The van der Waals surface area contributed by atoms with Crippen LogP contribution in [0, 0.1) is 0 Å². The van der Waals surface area contributed by atoms with Crippen LogP contribution in [-0.2, 0) is 4.74 Å². The van der Waals surface area contributed by atoms with E-state index in [1.54, 1.807) is 13.4 Å². The van der Waals surface area contributed by atoms with E-state index in [2.05, 4.69) is 38.0 Å². The van der Waals surface area contributed by atoms with Crippen LogP contribution in [0.15, 0.2) is 24.5 Å². The highest BCUT2D eigenvalue weighted by molar-refractivity contribution is 5.86. The van der Waals surface area contributed by atoms with Crippen molar-refractivity contribution in [3.63, 3.8) is 0 Å². The SMILES string of the molecule is COCCN1CCN(c2ccc3ncnc(OC(C)C)c3c2)CC1. The number of nitrogens with zero attached hydrogens (tertiary/aromatic N) is 4. The third kappa shape index (κ3) is 3.94. The first-order valence-corrected chi connectivity index (χ1v) is 8.55. The predicted octanol–water partition coefficient (Wildman–Crippen LogP) is 2.19. The van der Waals surface area contributed by atoms with Gasteiger partial charge in [0.25, 0.3) is 0 Å². The molecule has 6 heteroatoms. The van der Waals surface area contributed by atoms with Crippen LogP contribution in [0.4, 0.5) is 5.69 Å². The Morgan fingerprint density at radius 3 is 2.62 bits per heavy atom. The van der Waals surface area contributed by atoms with E-state index in [0.717, 1.165) is 50.2 Å². The van der Waals surface area contributed by atoms with Crippen LogP contribution in [0.5, 0.6) is 5.88 Å². The maximum absolute atomic E-state index is 5.84. The van der Waals surface area contributed by atoms with Gasteiger partial charge >= 0.3 is 0 Å². The summed E-state index contributed by atoms with van der Waals surface area (Å²) in [5.41, 5.74) is 2.13. The number of aromatic nitrogens is 2. The van der Waals surface area contributed by atoms with Crippen molar-refractivity contribution in [2.24, 2.45) is 0 Å². The summed E-state index contributed by atoms with van der Waals surface area (Å²) in [6.45, 7) is 9.97. The molecule has 0 saturated carbocycles. The van der Waals surface area contributed by atoms with Gasteiger partial charge in [0.2, 0.25) is 5.88 Å². The molecule has 1 aliphatic rings. The van der Waals surface area contributed by atoms with E-state index >= 15 is 0 Å². The van der Waals surface area contributed by atoms with Gasteiger partial charge in [0.1, 0.15) is 6.33 Å². The van der Waals surface area contributed by atoms with E-state index in [4.69, 9.17) is 9.47 Å². The quantitative estimate of drug-likeness (QED) is 0.809. The number of fused-ring (bicyclic) bond motifs is 1. The first kappa shape index (κ1) is 16.9. The highest BCUT2D eigenvalue weighted by Crippen LogP contribution is 2.27. The number of methoxy groups -OCH3 is 1. The maximum atomic E-state index is 5.84. The highest BCUT2D eigenvalue weighted by Gasteiger charge is 2.18. The molecule has 2 heterocycles. The smallest absolute Gasteiger partial charge is 0.224 e. The zero-order valence-electron chi connectivity index (χ0n) is 14.7. The lowest BCUT2D eigenvalue weighted by Crippen LogP contribution is -2.47. The topological polar surface area (TPSA) is 50.7 Å². The normalized spacial score (nSPS) is 16.1. The first-order valence-electron chi connectivity index (χ1n) is 8.55. The van der Waals surface area contributed by atoms with Crippen LogP contribution in [0.1, 0.15) is 13.8 Å². The van der Waals surface area contributed by atoms with E-state index in [9.17, 15) is 0 Å². The number of rotatable bonds is 6. The monoisotopic (exact) mass is 330 g/mol. The van der Waals surface area contributed by atoms with Crippen molar-refractivity contribution in [2.45, 2.75) is 20.0 Å². The molecule has 0 aliphatic carbocycles. The summed E-state index contributed by atoms with van der Waals surface area (Å²) in [6.07, 6.45) is 1.66. The molecule has 0 bridgehead atoms. The third-order valence-electron chi connectivity index (χ3n) is 4.28. The lowest BCUT2D eigenvalue weighted by atomic mass is 10.2. The molecule has 1 aromatic carbocycles. The number of benzene rings is 1. The molecule has 24 heavy (non-hydrogen) atoms. The van der Waals surface area contributed by atoms with Crippen LogP contribution in [0.25, 0.3) is 10.9 Å². The molecular formula is C18H26N4O2. The summed E-state index contributed by atoms with van der Waals surface area (Å²) in [4.78, 5) is 13.5. The fraction of sp³-hybridized carbons (Fsp3) is 0.556. The number of hydrogen-bond donors (Lipinski definition) is 0. The van der Waals surface area contributed by atoms with Crippen molar-refractivity contribution in [2.75, 3.05) is 51.3 Å². The van der Waals surface area contributed by atoms with Crippen LogP contribution >= 0.6 is 0 Å². The second-order valence-electron chi connectivity index (χ2n) is 6.37. The largest absolute Gasteiger partial charge is 0.474 e. The molecule has 0 atom stereocenters. The van der Waals surface area contributed by atoms with Gasteiger partial charge < -0.3 is 14.4 Å². The molecule has 6 nitrogen and oxygen atoms in total. The Hall–Kier alpha value is -1.92. The molecule has 0 unspecified atom stereocenters. The van der Waals surface area contributed by atoms with Crippen molar-refractivity contribution in [3.05, 3.63) is 24.5 Å². The standard InChI is InChI=1S/C18H26N4O2/c1-14(2)24-18-16-12-15(4-5-17(16)19-13-20-18)22-8-6-21(7-9-22)10-11-23-3/h4-5,12-14H,6-11H2,1-3H3. The first-order chi connectivity index (χ1) is 11.7. The number of piperazine rings is 1. The van der Waals surface area contributed by atoms with Gasteiger partial charge in [0.15, 0.2) is 0 Å². The molecule has 0 amide bonds. The second kappa shape index (κ2) is 7.77. The Labute approximate surface area is 143 Å². The van der Waals surface area contributed by atoms with E-state index in [1.165, 1.54) is 5.69 Å². The average Bonchev–Trinajstić information content (AvgIpc) is 2.60. The van der Waals surface area contributed by atoms with Gasteiger partial charge in [0, 0.05) is 45.5 Å². The molecule has 0 N–H and O–H groups in total. The van der Waals surface area contributed by atoms with Gasteiger partial charge in [-0.2, -0.15) is 0 Å². The minimum atomic E-state index is 0.0936. The summed E-state index contributed by atoms with van der Waals surface area (Å²) in [5.74, 6) is 0.663. The molecule has 1 aromatic heterocycles. The lowest BCUT2D eigenvalue weighted by molar-refractivity contribution is 0.144. The fourth-order valence-electron chi connectivity index (χ4n) is 2.98. The Balaban J connectivity index is 1.76. The summed E-state index contributed by atoms with van der Waals surface area (Å²) in [5, 5.41) is 0.977. The molecule has 1 fully saturated rings. The van der Waals surface area contributed by atoms with Gasteiger partial charge in [-0.15, -0.1) is 0 Å². The average molecular weight is 330 g/mol. The zero-order valence-corrected chi connectivity index (χ0v) is 14.7. The number of ether oxygens (including phenoxy) is 2. The van der Waals surface area contributed by atoms with Crippen molar-refractivity contribution < 1.29 is 9.47 Å². The van der Waals surface area contributed by atoms with E-state index in [0.29, 0.717) is 5.88 Å². The molecule has 0 spiro atoms. The molecule has 3 rings (SSSR count). The minimum absolute atomic E-state index is 0.0936. The molecule has 0 radical (unpaired) electrons. The Kier molecular flexibility index (Phi) is 5.48. The van der Waals surface area contributed by atoms with Crippen molar-refractivity contribution in [1.29, 1.82) is 0 Å². The Morgan fingerprint density at radius 2 is 1.92 bits per heavy atom. The highest BCUT2D eigenvalue weighted by atomic mass is 16.5. The van der Waals surface area contributed by atoms with Gasteiger partial charge in [-0.05, 0) is 32.0 Å². The number of hydrogen-bond acceptors (Lipinski definition) is 6. The molecular weight excluding hydrogens is 304 g/mol. The fourth-order valence-corrected chi connectivity index (χ4v) is 2.98. The molecule has 1 aliphatic heterocycles. The van der Waals surface area contributed by atoms with Gasteiger partial charge in [-0.25, -0.2) is 9.97 Å². The molecule has 130 valence electrons. The summed E-state index contributed by atoms with van der Waals surface area (Å²) >= 11 is 0. The van der Waals surface area contributed by atoms with E-state index in [-0.39, 0.29) is 6.10 Å². The summed E-state index contributed by atoms with van der Waals surface area (Å²) in [7, 11) is 1.75. The van der Waals surface area contributed by atoms with E-state index in [1.807, 2.05) is 13.8 Å². The molecule has 2 aromatic rings. The maximum Gasteiger partial charge on any atom is 0.224 e. The van der Waals surface area contributed by atoms with Crippen LogP contribution in [-0.4, -0.2) is 67.4 Å². The predicted molar refractivity (Wildman–Crippen MR) is 95.8 cm³/mol. The Bertz CT molecular complexity index is 669. The van der Waals surface area contributed by atoms with E-state index < -0.39 is 0 Å². The Morgan fingerprint density at radius 1 is 1.12 bits per heavy atom. The third-order valence-corrected chi connectivity index (χ3v) is 4.28. The lowest BCUT2D eigenvalue weighted by Gasteiger charge is -2.36.